The average molecular weight is 523 g/mol. The zero-order valence-electron chi connectivity index (χ0n) is 20.3. The molecule has 0 aliphatic carbocycles. The maximum absolute atomic E-state index is 15.1. The van der Waals surface area contributed by atoms with Crippen LogP contribution < -0.4 is 16.8 Å². The number of alkyl halides is 3. The Balaban J connectivity index is 1.75. The van der Waals surface area contributed by atoms with Crippen LogP contribution in [0.5, 0.6) is 0 Å². The number of halogens is 4. The van der Waals surface area contributed by atoms with E-state index in [1.807, 2.05) is 0 Å². The maximum atomic E-state index is 15.1. The average Bonchev–Trinajstić information content (AvgIpc) is 3.39. The number of nitrogens with one attached hydrogen (secondary N) is 1. The smallest absolute Gasteiger partial charge is 0.383 e. The van der Waals surface area contributed by atoms with E-state index < -0.39 is 35.3 Å². The Kier molecular flexibility index (Phi) is 7.74. The van der Waals surface area contributed by atoms with Crippen LogP contribution in [-0.2, 0) is 11.2 Å². The maximum Gasteiger partial charge on any atom is 0.412 e. The lowest BCUT2D eigenvalue weighted by atomic mass is 9.97. The van der Waals surface area contributed by atoms with E-state index in [1.165, 1.54) is 29.8 Å². The van der Waals surface area contributed by atoms with E-state index in [4.69, 9.17) is 16.0 Å². The van der Waals surface area contributed by atoms with E-state index in [1.54, 1.807) is 13.8 Å². The molecule has 198 valence electrons. The first-order valence-electron chi connectivity index (χ1n) is 11.2. The van der Waals surface area contributed by atoms with Crippen LogP contribution in [0.3, 0.4) is 0 Å². The summed E-state index contributed by atoms with van der Waals surface area (Å²) in [4.78, 5) is 24.6. The Labute approximate surface area is 209 Å². The van der Waals surface area contributed by atoms with E-state index in [9.17, 15) is 22.8 Å². The summed E-state index contributed by atoms with van der Waals surface area (Å²) in [5.41, 5.74) is 10.9. The number of nitrogen functional groups attached to an aromatic ring is 1. The molecule has 0 fully saturated rings. The van der Waals surface area contributed by atoms with Crippen LogP contribution in [0.2, 0.25) is 0 Å². The predicted octanol–water partition coefficient (Wildman–Crippen LogP) is 4.73. The lowest BCUT2D eigenvalue weighted by Gasteiger charge is -2.12. The van der Waals surface area contributed by atoms with Crippen LogP contribution in [-0.4, -0.2) is 32.9 Å². The zero-order valence-corrected chi connectivity index (χ0v) is 20.3. The van der Waals surface area contributed by atoms with E-state index in [2.05, 4.69) is 22.2 Å². The van der Waals surface area contributed by atoms with E-state index >= 15 is 4.39 Å². The number of carbonyl (C=O) groups is 2. The number of nitrogens with two attached hydrogens (primary N) is 2. The van der Waals surface area contributed by atoms with Crippen molar-refractivity contribution in [1.29, 1.82) is 0 Å². The summed E-state index contributed by atoms with van der Waals surface area (Å²) in [5, 5.41) is 10.4. The second-order valence-corrected chi connectivity index (χ2v) is 8.75. The molecule has 1 unspecified atom stereocenters. The number of hydrogen-bond donors (Lipinski definition) is 3. The Hall–Kier alpha value is -4.16. The molecular formula is C24H26F4N6O3. The van der Waals surface area contributed by atoms with Gasteiger partial charge in [0.05, 0.1) is 11.6 Å². The minimum absolute atomic E-state index is 0.0118. The molecule has 0 saturated heterocycles. The van der Waals surface area contributed by atoms with Crippen molar-refractivity contribution >= 4 is 23.5 Å². The fourth-order valence-corrected chi connectivity index (χ4v) is 3.56. The summed E-state index contributed by atoms with van der Waals surface area (Å²) in [6.45, 7) is 8.09. The number of primary amides is 1. The van der Waals surface area contributed by atoms with E-state index in [0.717, 1.165) is 6.07 Å². The van der Waals surface area contributed by atoms with Gasteiger partial charge in [-0.3, -0.25) is 14.9 Å². The zero-order chi connectivity index (χ0) is 27.7. The van der Waals surface area contributed by atoms with Crippen molar-refractivity contribution in [3.63, 3.8) is 0 Å². The molecule has 3 rings (SSSR count). The van der Waals surface area contributed by atoms with E-state index in [-0.39, 0.29) is 53.1 Å². The lowest BCUT2D eigenvalue weighted by Crippen LogP contribution is -2.18. The highest BCUT2D eigenvalue weighted by molar-refractivity contribution is 6.03. The highest BCUT2D eigenvalue weighted by atomic mass is 19.4. The van der Waals surface area contributed by atoms with Gasteiger partial charge in [-0.1, -0.05) is 17.8 Å². The molecule has 9 nitrogen and oxygen atoms in total. The normalized spacial score (nSPS) is 12.5. The first kappa shape index (κ1) is 27.4. The third-order valence-corrected chi connectivity index (χ3v) is 5.71. The van der Waals surface area contributed by atoms with Gasteiger partial charge in [0.15, 0.2) is 0 Å². The standard InChI is InChI=1S/C24H26F4N6O3/c1-11(2)34-21(29)19(22(30)35)20(32-34)16-8-6-14(9-17(16)25)13(4)23(36)31-18-10-15(33-37-18)7-5-12(3)24(26,27)28/h6,8-11,13H,3,5,7,29H2,1-2,4H3,(H2,30,35)(H,31,36). The number of amides is 2. The van der Waals surface area contributed by atoms with Crippen molar-refractivity contribution in [3.05, 3.63) is 59.1 Å². The SMILES string of the molecule is C=C(CCc1cc(NC(=O)C(C)c2ccc(-c3nn(C(C)C)c(N)c3C(N)=O)c(F)c2)on1)C(F)(F)F. The Bertz CT molecular complexity index is 1340. The number of hydrogen-bond acceptors (Lipinski definition) is 6. The Morgan fingerprint density at radius 1 is 1.22 bits per heavy atom. The number of benzene rings is 1. The Morgan fingerprint density at radius 2 is 1.89 bits per heavy atom. The molecule has 2 amide bonds. The highest BCUT2D eigenvalue weighted by Gasteiger charge is 2.31. The molecule has 0 aliphatic rings. The summed E-state index contributed by atoms with van der Waals surface area (Å²) in [6.07, 6.45) is -4.95. The van der Waals surface area contributed by atoms with Gasteiger partial charge in [-0.2, -0.15) is 18.3 Å². The molecule has 0 bridgehead atoms. The van der Waals surface area contributed by atoms with Crippen LogP contribution in [0.4, 0.5) is 29.3 Å². The highest BCUT2D eigenvalue weighted by Crippen LogP contribution is 2.32. The van der Waals surface area contributed by atoms with Crippen molar-refractivity contribution in [2.45, 2.75) is 51.7 Å². The van der Waals surface area contributed by atoms with Crippen LogP contribution >= 0.6 is 0 Å². The van der Waals surface area contributed by atoms with Crippen molar-refractivity contribution < 1.29 is 31.7 Å². The molecule has 0 saturated carbocycles. The van der Waals surface area contributed by atoms with Crippen LogP contribution in [0, 0.1) is 5.82 Å². The largest absolute Gasteiger partial charge is 0.412 e. The summed E-state index contributed by atoms with van der Waals surface area (Å²) >= 11 is 0. The second-order valence-electron chi connectivity index (χ2n) is 8.75. The number of allylic oxidation sites excluding steroid dienone is 1. The second kappa shape index (κ2) is 10.4. The minimum atomic E-state index is -4.50. The van der Waals surface area contributed by atoms with E-state index in [0.29, 0.717) is 5.56 Å². The summed E-state index contributed by atoms with van der Waals surface area (Å²) in [5.74, 6) is -3.08. The molecule has 2 heterocycles. The molecule has 3 aromatic rings. The molecular weight excluding hydrogens is 496 g/mol. The molecule has 1 aromatic carbocycles. The molecule has 2 aromatic heterocycles. The van der Waals surface area contributed by atoms with Gasteiger partial charge in [0.25, 0.3) is 5.91 Å². The quantitative estimate of drug-likeness (QED) is 0.274. The fourth-order valence-electron chi connectivity index (χ4n) is 3.56. The van der Waals surface area contributed by atoms with Crippen molar-refractivity contribution in [2.24, 2.45) is 5.73 Å². The molecule has 1 atom stereocenters. The molecule has 0 aliphatic heterocycles. The number of rotatable bonds is 9. The van der Waals surface area contributed by atoms with Crippen LogP contribution in [0.25, 0.3) is 11.3 Å². The van der Waals surface area contributed by atoms with Gasteiger partial charge in [-0.15, -0.1) is 0 Å². The predicted molar refractivity (Wildman–Crippen MR) is 128 cm³/mol. The molecule has 0 radical (unpaired) electrons. The molecule has 37 heavy (non-hydrogen) atoms. The molecule has 0 spiro atoms. The summed E-state index contributed by atoms with van der Waals surface area (Å²) in [7, 11) is 0. The van der Waals surface area contributed by atoms with Crippen molar-refractivity contribution in [2.75, 3.05) is 11.1 Å². The van der Waals surface area contributed by atoms with Gasteiger partial charge in [0.1, 0.15) is 22.9 Å². The van der Waals surface area contributed by atoms with Crippen LogP contribution in [0.15, 0.2) is 40.9 Å². The van der Waals surface area contributed by atoms with Crippen LogP contribution in [0.1, 0.15) is 60.8 Å². The number of aryl methyl sites for hydroxylation is 1. The van der Waals surface area contributed by atoms with Gasteiger partial charge >= 0.3 is 6.18 Å². The molecule has 5 N–H and O–H groups in total. The number of carbonyl (C=O) groups excluding carboxylic acids is 2. The van der Waals surface area contributed by atoms with Gasteiger partial charge < -0.3 is 16.0 Å². The Morgan fingerprint density at radius 3 is 2.46 bits per heavy atom. The fraction of sp³-hybridized carbons (Fsp3) is 0.333. The summed E-state index contributed by atoms with van der Waals surface area (Å²) < 4.78 is 59.2. The first-order valence-corrected chi connectivity index (χ1v) is 11.2. The van der Waals surface area contributed by atoms with Crippen molar-refractivity contribution in [1.82, 2.24) is 14.9 Å². The summed E-state index contributed by atoms with van der Waals surface area (Å²) in [6, 6.07) is 5.08. The van der Waals surface area contributed by atoms with Gasteiger partial charge in [-0.05, 0) is 51.3 Å². The number of nitrogens with zero attached hydrogens (tertiary/aromatic N) is 3. The third kappa shape index (κ3) is 5.98. The minimum Gasteiger partial charge on any atom is -0.383 e. The third-order valence-electron chi connectivity index (χ3n) is 5.71. The lowest BCUT2D eigenvalue weighted by molar-refractivity contribution is -0.117. The number of aromatic nitrogens is 3. The topological polar surface area (TPSA) is 142 Å². The van der Waals surface area contributed by atoms with Gasteiger partial charge in [-0.25, -0.2) is 9.07 Å². The van der Waals surface area contributed by atoms with Gasteiger partial charge in [0, 0.05) is 23.2 Å². The monoisotopic (exact) mass is 522 g/mol. The number of anilines is 2. The van der Waals surface area contributed by atoms with Gasteiger partial charge in [0.2, 0.25) is 11.8 Å². The van der Waals surface area contributed by atoms with Crippen molar-refractivity contribution in [3.8, 4) is 11.3 Å². The molecule has 13 heteroatoms. The first-order chi connectivity index (χ1) is 17.2.